The van der Waals surface area contributed by atoms with Crippen molar-refractivity contribution in [1.29, 1.82) is 0 Å². The fourth-order valence-corrected chi connectivity index (χ4v) is 1.53. The van der Waals surface area contributed by atoms with Crippen molar-refractivity contribution >= 4 is 11.8 Å². The maximum absolute atomic E-state index is 11.1. The number of anilines is 1. The molecule has 0 saturated carbocycles. The van der Waals surface area contributed by atoms with E-state index in [1.165, 1.54) is 19.4 Å². The Hall–Kier alpha value is -2.76. The molecule has 98 valence electrons. The van der Waals surface area contributed by atoms with Crippen molar-refractivity contribution < 1.29 is 19.4 Å². The van der Waals surface area contributed by atoms with Gasteiger partial charge in [-0.05, 0) is 18.2 Å². The van der Waals surface area contributed by atoms with E-state index in [0.29, 0.717) is 11.5 Å². The predicted molar refractivity (Wildman–Crippen MR) is 68.7 cm³/mol. The number of ether oxygens (including phenoxy) is 2. The number of hydrogen-bond acceptors (Lipinski definition) is 5. The molecule has 0 saturated heterocycles. The molecule has 6 heteroatoms. The number of nitrogen functional groups attached to an aromatic ring is 1. The molecule has 0 bridgehead atoms. The van der Waals surface area contributed by atoms with Crippen LogP contribution in [0.1, 0.15) is 10.4 Å². The minimum Gasteiger partial charge on any atom is -0.493 e. The Kier molecular flexibility index (Phi) is 3.51. The fraction of sp³-hybridized carbons (Fsp3) is 0.0769. The zero-order valence-corrected chi connectivity index (χ0v) is 10.2. The zero-order chi connectivity index (χ0) is 13.8. The van der Waals surface area contributed by atoms with Crippen LogP contribution in [0.25, 0.3) is 0 Å². The molecule has 0 aliphatic heterocycles. The third kappa shape index (κ3) is 2.74. The van der Waals surface area contributed by atoms with E-state index in [1.54, 1.807) is 24.3 Å². The molecule has 0 spiro atoms. The van der Waals surface area contributed by atoms with Crippen LogP contribution in [0.2, 0.25) is 0 Å². The number of para-hydroxylation sites is 2. The van der Waals surface area contributed by atoms with Gasteiger partial charge < -0.3 is 20.3 Å². The average molecular weight is 260 g/mol. The van der Waals surface area contributed by atoms with Gasteiger partial charge in [0.05, 0.1) is 13.3 Å². The number of aromatic nitrogens is 1. The zero-order valence-electron chi connectivity index (χ0n) is 10.2. The molecular weight excluding hydrogens is 248 g/mol. The van der Waals surface area contributed by atoms with Gasteiger partial charge in [0.1, 0.15) is 11.4 Å². The number of methoxy groups -OCH3 is 1. The third-order valence-electron chi connectivity index (χ3n) is 2.41. The Morgan fingerprint density at radius 1 is 1.26 bits per heavy atom. The Bertz CT molecular complexity index is 613. The van der Waals surface area contributed by atoms with Crippen LogP contribution in [0.15, 0.2) is 36.5 Å². The highest BCUT2D eigenvalue weighted by Crippen LogP contribution is 2.32. The number of aromatic carboxylic acids is 1. The Morgan fingerprint density at radius 3 is 2.58 bits per heavy atom. The molecule has 1 aromatic heterocycles. The summed E-state index contributed by atoms with van der Waals surface area (Å²) in [5.74, 6) is -0.0234. The predicted octanol–water partition coefficient (Wildman–Crippen LogP) is 2.16. The number of rotatable bonds is 4. The summed E-state index contributed by atoms with van der Waals surface area (Å²) in [6.45, 7) is 0. The van der Waals surface area contributed by atoms with Crippen molar-refractivity contribution in [2.45, 2.75) is 0 Å². The van der Waals surface area contributed by atoms with E-state index in [0.717, 1.165) is 0 Å². The molecule has 0 amide bonds. The van der Waals surface area contributed by atoms with Crippen molar-refractivity contribution in [3.8, 4) is 17.2 Å². The van der Waals surface area contributed by atoms with Crippen LogP contribution in [0.4, 0.5) is 5.82 Å². The standard InChI is InChI=1S/C13H12N2O4/c1-18-9-4-2-3-5-10(9)19-11-7-15-12(14)6-8(11)13(16)17/h2-7H,1H3,(H2,14,15)(H,16,17). The van der Waals surface area contributed by atoms with Gasteiger partial charge in [-0.25, -0.2) is 9.78 Å². The lowest BCUT2D eigenvalue weighted by atomic mass is 10.2. The lowest BCUT2D eigenvalue weighted by Gasteiger charge is -2.11. The van der Waals surface area contributed by atoms with Crippen molar-refractivity contribution in [3.63, 3.8) is 0 Å². The highest BCUT2D eigenvalue weighted by Gasteiger charge is 2.15. The third-order valence-corrected chi connectivity index (χ3v) is 2.41. The second kappa shape index (κ2) is 5.26. The highest BCUT2D eigenvalue weighted by atomic mass is 16.5. The van der Waals surface area contributed by atoms with Crippen molar-refractivity contribution in [2.24, 2.45) is 0 Å². The summed E-state index contributed by atoms with van der Waals surface area (Å²) in [6, 6.07) is 8.16. The van der Waals surface area contributed by atoms with Crippen molar-refractivity contribution in [2.75, 3.05) is 12.8 Å². The second-order valence-electron chi connectivity index (χ2n) is 3.66. The monoisotopic (exact) mass is 260 g/mol. The number of nitrogens with two attached hydrogens (primary N) is 1. The van der Waals surface area contributed by atoms with Crippen molar-refractivity contribution in [1.82, 2.24) is 4.98 Å². The largest absolute Gasteiger partial charge is 0.493 e. The summed E-state index contributed by atoms with van der Waals surface area (Å²) in [5, 5.41) is 9.10. The van der Waals surface area contributed by atoms with Gasteiger partial charge in [0.15, 0.2) is 17.2 Å². The van der Waals surface area contributed by atoms with Gasteiger partial charge in [0, 0.05) is 0 Å². The van der Waals surface area contributed by atoms with Crippen LogP contribution in [-0.4, -0.2) is 23.2 Å². The van der Waals surface area contributed by atoms with Crippen LogP contribution in [0.3, 0.4) is 0 Å². The summed E-state index contributed by atoms with van der Waals surface area (Å²) in [4.78, 5) is 14.9. The van der Waals surface area contributed by atoms with E-state index < -0.39 is 5.97 Å². The fourth-order valence-electron chi connectivity index (χ4n) is 1.53. The summed E-state index contributed by atoms with van der Waals surface area (Å²) in [7, 11) is 1.50. The average Bonchev–Trinajstić information content (AvgIpc) is 2.41. The first-order valence-electron chi connectivity index (χ1n) is 5.41. The summed E-state index contributed by atoms with van der Waals surface area (Å²) in [5.41, 5.74) is 5.40. The molecule has 0 unspecified atom stereocenters. The van der Waals surface area contributed by atoms with Crippen LogP contribution in [-0.2, 0) is 0 Å². The van der Waals surface area contributed by atoms with E-state index in [4.69, 9.17) is 20.3 Å². The normalized spacial score (nSPS) is 9.95. The van der Waals surface area contributed by atoms with Gasteiger partial charge in [0.25, 0.3) is 0 Å². The van der Waals surface area contributed by atoms with Crippen LogP contribution in [0, 0.1) is 0 Å². The van der Waals surface area contributed by atoms with Gasteiger partial charge in [-0.1, -0.05) is 12.1 Å². The summed E-state index contributed by atoms with van der Waals surface area (Å²) < 4.78 is 10.6. The first-order valence-corrected chi connectivity index (χ1v) is 5.41. The number of carboxylic acid groups (broad SMARTS) is 1. The first-order chi connectivity index (χ1) is 9.11. The Labute approximate surface area is 109 Å². The van der Waals surface area contributed by atoms with Crippen LogP contribution < -0.4 is 15.2 Å². The van der Waals surface area contributed by atoms with E-state index in [-0.39, 0.29) is 17.1 Å². The minimum absolute atomic E-state index is 0.0570. The lowest BCUT2D eigenvalue weighted by Crippen LogP contribution is -2.03. The van der Waals surface area contributed by atoms with Gasteiger partial charge in [-0.15, -0.1) is 0 Å². The summed E-state index contributed by atoms with van der Waals surface area (Å²) >= 11 is 0. The number of pyridine rings is 1. The Morgan fingerprint density at radius 2 is 1.95 bits per heavy atom. The molecule has 1 aromatic carbocycles. The molecule has 0 atom stereocenters. The highest BCUT2D eigenvalue weighted by molar-refractivity contribution is 5.91. The van der Waals surface area contributed by atoms with E-state index >= 15 is 0 Å². The molecule has 0 aliphatic carbocycles. The van der Waals surface area contributed by atoms with Gasteiger partial charge in [-0.3, -0.25) is 0 Å². The first kappa shape index (κ1) is 12.7. The molecule has 1 heterocycles. The molecular formula is C13H12N2O4. The van der Waals surface area contributed by atoms with E-state index in [9.17, 15) is 4.79 Å². The smallest absolute Gasteiger partial charge is 0.339 e. The molecule has 0 fully saturated rings. The second-order valence-corrected chi connectivity index (χ2v) is 3.66. The molecule has 0 aliphatic rings. The lowest BCUT2D eigenvalue weighted by molar-refractivity contribution is 0.0694. The molecule has 0 radical (unpaired) electrons. The number of carbonyl (C=O) groups is 1. The molecule has 2 rings (SSSR count). The van der Waals surface area contributed by atoms with E-state index in [2.05, 4.69) is 4.98 Å². The summed E-state index contributed by atoms with van der Waals surface area (Å²) in [6.07, 6.45) is 1.27. The number of hydrogen-bond donors (Lipinski definition) is 2. The van der Waals surface area contributed by atoms with Crippen LogP contribution >= 0.6 is 0 Å². The topological polar surface area (TPSA) is 94.7 Å². The number of benzene rings is 1. The quantitative estimate of drug-likeness (QED) is 0.874. The molecule has 19 heavy (non-hydrogen) atoms. The number of carboxylic acids is 1. The molecule has 3 N–H and O–H groups in total. The van der Waals surface area contributed by atoms with E-state index in [1.807, 2.05) is 0 Å². The van der Waals surface area contributed by atoms with Gasteiger partial charge >= 0.3 is 5.97 Å². The van der Waals surface area contributed by atoms with Gasteiger partial charge in [0.2, 0.25) is 0 Å². The van der Waals surface area contributed by atoms with Crippen LogP contribution in [0.5, 0.6) is 17.2 Å². The maximum atomic E-state index is 11.1. The van der Waals surface area contributed by atoms with Gasteiger partial charge in [-0.2, -0.15) is 0 Å². The minimum atomic E-state index is -1.14. The SMILES string of the molecule is COc1ccccc1Oc1cnc(N)cc1C(=O)O. The number of nitrogens with zero attached hydrogens (tertiary/aromatic N) is 1. The van der Waals surface area contributed by atoms with Crippen molar-refractivity contribution in [3.05, 3.63) is 42.1 Å². The Balaban J connectivity index is 2.41. The molecule has 6 nitrogen and oxygen atoms in total. The molecule has 2 aromatic rings. The maximum Gasteiger partial charge on any atom is 0.339 e.